The van der Waals surface area contributed by atoms with Crippen LogP contribution in [0.3, 0.4) is 0 Å². The molecule has 1 aromatic carbocycles. The zero-order valence-corrected chi connectivity index (χ0v) is 10.5. The van der Waals surface area contributed by atoms with E-state index in [4.69, 9.17) is 21.9 Å². The number of halogens is 1. The van der Waals surface area contributed by atoms with Gasteiger partial charge in [0, 0.05) is 16.8 Å². The van der Waals surface area contributed by atoms with E-state index in [2.05, 4.69) is 15.1 Å². The number of hydrogen-bond donors (Lipinski definition) is 1. The lowest BCUT2D eigenvalue weighted by atomic mass is 10.2. The van der Waals surface area contributed by atoms with Crippen LogP contribution in [0.2, 0.25) is 5.02 Å². The summed E-state index contributed by atoms with van der Waals surface area (Å²) >= 11 is 5.93. The maximum atomic E-state index is 5.93. The van der Waals surface area contributed by atoms with Crippen LogP contribution in [0.1, 0.15) is 0 Å². The number of pyridine rings is 1. The number of nitrogens with zero attached hydrogens (tertiary/aromatic N) is 3. The molecule has 2 aromatic heterocycles. The molecule has 0 spiro atoms. The number of nitrogen functional groups attached to an aromatic ring is 1. The van der Waals surface area contributed by atoms with Crippen molar-refractivity contribution >= 4 is 17.3 Å². The van der Waals surface area contributed by atoms with Crippen molar-refractivity contribution < 1.29 is 4.52 Å². The Bertz CT molecular complexity index is 726. The Kier molecular flexibility index (Phi) is 2.89. The topological polar surface area (TPSA) is 77.8 Å². The molecular formula is C13H9ClN4O. The minimum Gasteiger partial charge on any atom is -0.397 e. The first-order valence-electron chi connectivity index (χ1n) is 5.54. The monoisotopic (exact) mass is 272 g/mol. The van der Waals surface area contributed by atoms with Gasteiger partial charge in [-0.1, -0.05) is 28.9 Å². The van der Waals surface area contributed by atoms with Crippen LogP contribution < -0.4 is 5.73 Å². The average molecular weight is 273 g/mol. The van der Waals surface area contributed by atoms with Gasteiger partial charge in [0.1, 0.15) is 0 Å². The first-order chi connectivity index (χ1) is 9.24. The van der Waals surface area contributed by atoms with Gasteiger partial charge in [0.25, 0.3) is 5.89 Å². The predicted molar refractivity (Wildman–Crippen MR) is 72.4 cm³/mol. The highest BCUT2D eigenvalue weighted by Crippen LogP contribution is 2.25. The Morgan fingerprint density at radius 3 is 2.84 bits per heavy atom. The van der Waals surface area contributed by atoms with Crippen LogP contribution in [-0.2, 0) is 0 Å². The molecule has 3 rings (SSSR count). The van der Waals surface area contributed by atoms with Crippen LogP contribution in [0.15, 0.2) is 47.1 Å². The predicted octanol–water partition coefficient (Wildman–Crippen LogP) is 3.03. The molecule has 3 aromatic rings. The summed E-state index contributed by atoms with van der Waals surface area (Å²) < 4.78 is 5.18. The molecule has 0 fully saturated rings. The van der Waals surface area contributed by atoms with Gasteiger partial charge in [-0.05, 0) is 24.3 Å². The highest BCUT2D eigenvalue weighted by Gasteiger charge is 2.13. The summed E-state index contributed by atoms with van der Waals surface area (Å²) in [4.78, 5) is 8.40. The molecule has 19 heavy (non-hydrogen) atoms. The van der Waals surface area contributed by atoms with Gasteiger partial charge in [-0.3, -0.25) is 0 Å². The number of benzene rings is 1. The summed E-state index contributed by atoms with van der Waals surface area (Å²) in [6, 6.07) is 10.7. The molecule has 0 atom stereocenters. The summed E-state index contributed by atoms with van der Waals surface area (Å²) in [5.74, 6) is 0.732. The highest BCUT2D eigenvalue weighted by molar-refractivity contribution is 6.30. The van der Waals surface area contributed by atoms with Crippen molar-refractivity contribution in [1.29, 1.82) is 0 Å². The van der Waals surface area contributed by atoms with Crippen molar-refractivity contribution in [3.05, 3.63) is 47.6 Å². The Balaban J connectivity index is 2.03. The average Bonchev–Trinajstić information content (AvgIpc) is 2.89. The van der Waals surface area contributed by atoms with Gasteiger partial charge >= 0.3 is 0 Å². The Labute approximate surface area is 114 Å². The molecule has 0 aliphatic carbocycles. The van der Waals surface area contributed by atoms with Crippen LogP contribution in [0.4, 0.5) is 5.69 Å². The summed E-state index contributed by atoms with van der Waals surface area (Å²) in [7, 11) is 0. The van der Waals surface area contributed by atoms with E-state index in [-0.39, 0.29) is 5.89 Å². The molecule has 0 amide bonds. The first kappa shape index (κ1) is 11.7. The molecule has 0 unspecified atom stereocenters. The van der Waals surface area contributed by atoms with E-state index < -0.39 is 0 Å². The highest BCUT2D eigenvalue weighted by atomic mass is 35.5. The number of nitrogens with two attached hydrogens (primary N) is 1. The van der Waals surface area contributed by atoms with E-state index in [0.29, 0.717) is 22.2 Å². The normalized spacial score (nSPS) is 10.6. The van der Waals surface area contributed by atoms with Gasteiger partial charge in [-0.2, -0.15) is 4.98 Å². The second-order valence-electron chi connectivity index (χ2n) is 3.87. The minimum absolute atomic E-state index is 0.285. The minimum atomic E-state index is 0.285. The molecule has 0 bridgehead atoms. The third-order valence-corrected chi connectivity index (χ3v) is 2.79. The smallest absolute Gasteiger partial charge is 0.278 e. The van der Waals surface area contributed by atoms with Crippen LogP contribution in [0.5, 0.6) is 0 Å². The van der Waals surface area contributed by atoms with Crippen molar-refractivity contribution in [2.75, 3.05) is 5.73 Å². The number of anilines is 1. The molecule has 0 aliphatic heterocycles. The van der Waals surface area contributed by atoms with Crippen LogP contribution in [0.25, 0.3) is 23.0 Å². The van der Waals surface area contributed by atoms with Gasteiger partial charge in [0.2, 0.25) is 5.82 Å². The van der Waals surface area contributed by atoms with Crippen molar-refractivity contribution in [1.82, 2.24) is 15.1 Å². The summed E-state index contributed by atoms with van der Waals surface area (Å²) in [5, 5.41) is 4.52. The maximum absolute atomic E-state index is 5.93. The number of hydrogen-bond acceptors (Lipinski definition) is 5. The Morgan fingerprint density at radius 1 is 1.16 bits per heavy atom. The molecule has 5 nitrogen and oxygen atoms in total. The quantitative estimate of drug-likeness (QED) is 0.776. The largest absolute Gasteiger partial charge is 0.397 e. The van der Waals surface area contributed by atoms with E-state index in [1.807, 2.05) is 12.1 Å². The van der Waals surface area contributed by atoms with Crippen LogP contribution in [0, 0.1) is 0 Å². The van der Waals surface area contributed by atoms with E-state index in [0.717, 1.165) is 5.56 Å². The molecule has 6 heteroatoms. The van der Waals surface area contributed by atoms with Crippen molar-refractivity contribution in [3.8, 4) is 23.0 Å². The lowest BCUT2D eigenvalue weighted by Crippen LogP contribution is -1.92. The lowest BCUT2D eigenvalue weighted by Gasteiger charge is -1.97. The number of rotatable bonds is 2. The molecule has 2 heterocycles. The third kappa shape index (κ3) is 2.28. The standard InChI is InChI=1S/C13H9ClN4O/c14-9-4-1-3-8(7-9)12-17-13(19-18-12)11-10(15)5-2-6-16-11/h1-7H,15H2. The second kappa shape index (κ2) is 4.70. The molecule has 0 saturated heterocycles. The van der Waals surface area contributed by atoms with Gasteiger partial charge < -0.3 is 10.3 Å². The Morgan fingerprint density at radius 2 is 2.05 bits per heavy atom. The summed E-state index contributed by atoms with van der Waals surface area (Å²) in [6.45, 7) is 0. The second-order valence-corrected chi connectivity index (χ2v) is 4.31. The zero-order valence-electron chi connectivity index (χ0n) is 9.75. The fourth-order valence-electron chi connectivity index (χ4n) is 1.66. The van der Waals surface area contributed by atoms with E-state index in [1.54, 1.807) is 30.5 Å². The molecular weight excluding hydrogens is 264 g/mol. The van der Waals surface area contributed by atoms with Gasteiger partial charge in [0.15, 0.2) is 5.69 Å². The molecule has 0 radical (unpaired) electrons. The first-order valence-corrected chi connectivity index (χ1v) is 5.92. The van der Waals surface area contributed by atoms with Crippen molar-refractivity contribution in [2.24, 2.45) is 0 Å². The molecule has 0 aliphatic rings. The third-order valence-electron chi connectivity index (χ3n) is 2.55. The van der Waals surface area contributed by atoms with Gasteiger partial charge in [-0.25, -0.2) is 4.98 Å². The lowest BCUT2D eigenvalue weighted by molar-refractivity contribution is 0.431. The SMILES string of the molecule is Nc1cccnc1-c1nc(-c2cccc(Cl)c2)no1. The Hall–Kier alpha value is -2.40. The number of aromatic nitrogens is 3. The van der Waals surface area contributed by atoms with Gasteiger partial charge in [0.05, 0.1) is 5.69 Å². The molecule has 94 valence electrons. The fourth-order valence-corrected chi connectivity index (χ4v) is 1.85. The molecule has 2 N–H and O–H groups in total. The van der Waals surface area contributed by atoms with Crippen LogP contribution in [-0.4, -0.2) is 15.1 Å². The van der Waals surface area contributed by atoms with E-state index >= 15 is 0 Å². The summed E-state index contributed by atoms with van der Waals surface area (Å²) in [6.07, 6.45) is 1.62. The van der Waals surface area contributed by atoms with E-state index in [9.17, 15) is 0 Å². The van der Waals surface area contributed by atoms with Crippen molar-refractivity contribution in [2.45, 2.75) is 0 Å². The van der Waals surface area contributed by atoms with Crippen molar-refractivity contribution in [3.63, 3.8) is 0 Å². The maximum Gasteiger partial charge on any atom is 0.278 e. The summed E-state index contributed by atoms with van der Waals surface area (Å²) in [5.41, 5.74) is 7.55. The molecule has 0 saturated carbocycles. The van der Waals surface area contributed by atoms with Gasteiger partial charge in [-0.15, -0.1) is 0 Å². The van der Waals surface area contributed by atoms with E-state index in [1.165, 1.54) is 0 Å². The fraction of sp³-hybridized carbons (Fsp3) is 0. The zero-order chi connectivity index (χ0) is 13.2. The van der Waals surface area contributed by atoms with Crippen LogP contribution >= 0.6 is 11.6 Å².